The Labute approximate surface area is 140 Å². The topological polar surface area (TPSA) is 61.1 Å². The molecule has 0 aliphatic carbocycles. The van der Waals surface area contributed by atoms with Gasteiger partial charge in [0.15, 0.2) is 4.96 Å². The first-order chi connectivity index (χ1) is 10.9. The Hall–Kier alpha value is -1.28. The molecule has 0 radical (unpaired) electrons. The van der Waals surface area contributed by atoms with E-state index >= 15 is 0 Å². The van der Waals surface area contributed by atoms with Crippen molar-refractivity contribution in [2.45, 2.75) is 39.5 Å². The Bertz CT molecular complexity index is 739. The lowest BCUT2D eigenvalue weighted by Gasteiger charge is -2.40. The average molecular weight is 336 g/mol. The third-order valence-electron chi connectivity index (χ3n) is 4.36. The van der Waals surface area contributed by atoms with Gasteiger partial charge in [0.2, 0.25) is 0 Å². The van der Waals surface area contributed by atoms with Crippen molar-refractivity contribution in [1.82, 2.24) is 19.2 Å². The van der Waals surface area contributed by atoms with E-state index in [2.05, 4.69) is 21.7 Å². The number of aliphatic hydroxyl groups is 1. The van der Waals surface area contributed by atoms with Gasteiger partial charge < -0.3 is 5.11 Å². The summed E-state index contributed by atoms with van der Waals surface area (Å²) in [6.45, 7) is 10.2. The summed E-state index contributed by atoms with van der Waals surface area (Å²) in [4.78, 5) is 22.3. The van der Waals surface area contributed by atoms with Gasteiger partial charge >= 0.3 is 0 Å². The Kier molecular flexibility index (Phi) is 4.82. The van der Waals surface area contributed by atoms with Gasteiger partial charge in [-0.25, -0.2) is 4.98 Å². The fourth-order valence-electron chi connectivity index (χ4n) is 3.24. The van der Waals surface area contributed by atoms with Crippen LogP contribution in [0.5, 0.6) is 0 Å². The SMILES string of the molecule is Cc1csc2nc(CN3CCN(CC(C)O)C(C)C3)cc(=O)n12. The Morgan fingerprint density at radius 2 is 2.26 bits per heavy atom. The molecule has 6 nitrogen and oxygen atoms in total. The normalized spacial score (nSPS) is 21.8. The van der Waals surface area contributed by atoms with E-state index in [-0.39, 0.29) is 11.7 Å². The van der Waals surface area contributed by atoms with E-state index < -0.39 is 0 Å². The summed E-state index contributed by atoms with van der Waals surface area (Å²) in [5.41, 5.74) is 1.78. The number of hydrogen-bond acceptors (Lipinski definition) is 6. The highest BCUT2D eigenvalue weighted by atomic mass is 32.1. The molecule has 1 saturated heterocycles. The van der Waals surface area contributed by atoms with E-state index in [0.717, 1.165) is 42.5 Å². The van der Waals surface area contributed by atoms with Crippen LogP contribution < -0.4 is 5.56 Å². The second-order valence-electron chi connectivity index (χ2n) is 6.51. The van der Waals surface area contributed by atoms with Crippen molar-refractivity contribution in [2.75, 3.05) is 26.2 Å². The zero-order valence-electron chi connectivity index (χ0n) is 13.9. The molecule has 2 aromatic heterocycles. The van der Waals surface area contributed by atoms with Gasteiger partial charge in [-0.15, -0.1) is 11.3 Å². The quantitative estimate of drug-likeness (QED) is 0.901. The fraction of sp³-hybridized carbons (Fsp3) is 0.625. The third kappa shape index (κ3) is 3.63. The lowest BCUT2D eigenvalue weighted by atomic mass is 10.1. The second-order valence-corrected chi connectivity index (χ2v) is 7.35. The zero-order valence-corrected chi connectivity index (χ0v) is 14.7. The minimum absolute atomic E-state index is 0.00420. The molecule has 0 aromatic carbocycles. The molecular formula is C16H24N4O2S. The van der Waals surface area contributed by atoms with Crippen LogP contribution in [0.1, 0.15) is 25.2 Å². The van der Waals surface area contributed by atoms with Crippen molar-refractivity contribution in [3.05, 3.63) is 33.2 Å². The van der Waals surface area contributed by atoms with Crippen LogP contribution in [-0.4, -0.2) is 62.6 Å². The van der Waals surface area contributed by atoms with Crippen LogP contribution in [0.2, 0.25) is 0 Å². The fourth-order valence-corrected chi connectivity index (χ4v) is 4.13. The van der Waals surface area contributed by atoms with E-state index in [1.165, 1.54) is 11.3 Å². The van der Waals surface area contributed by atoms with Crippen molar-refractivity contribution in [2.24, 2.45) is 0 Å². The van der Waals surface area contributed by atoms with Crippen LogP contribution in [0.15, 0.2) is 16.2 Å². The van der Waals surface area contributed by atoms with Crippen molar-refractivity contribution in [3.8, 4) is 0 Å². The van der Waals surface area contributed by atoms with Crippen LogP contribution in [0, 0.1) is 6.92 Å². The summed E-state index contributed by atoms with van der Waals surface area (Å²) in [6, 6.07) is 2.05. The number of hydrogen-bond donors (Lipinski definition) is 1. The smallest absolute Gasteiger partial charge is 0.259 e. The maximum absolute atomic E-state index is 12.2. The summed E-state index contributed by atoms with van der Waals surface area (Å²) in [7, 11) is 0. The standard InChI is InChI=1S/C16H24N4O2S/c1-11-7-18(4-5-19(11)8-13(3)21)9-14-6-15(22)20-12(2)10-23-16(20)17-14/h6,10-11,13,21H,4-5,7-9H2,1-3H3. The number of aryl methyl sites for hydroxylation is 1. The van der Waals surface area contributed by atoms with Gasteiger partial charge in [-0.2, -0.15) is 0 Å². The number of aromatic nitrogens is 2. The highest BCUT2D eigenvalue weighted by molar-refractivity contribution is 7.15. The molecule has 7 heteroatoms. The predicted molar refractivity (Wildman–Crippen MR) is 92.1 cm³/mol. The van der Waals surface area contributed by atoms with Crippen LogP contribution in [0.4, 0.5) is 0 Å². The molecule has 0 saturated carbocycles. The predicted octanol–water partition coefficient (Wildman–Crippen LogP) is 0.951. The van der Waals surface area contributed by atoms with Crippen molar-refractivity contribution in [3.63, 3.8) is 0 Å². The lowest BCUT2D eigenvalue weighted by Crippen LogP contribution is -2.53. The molecule has 2 atom stereocenters. The molecule has 23 heavy (non-hydrogen) atoms. The highest BCUT2D eigenvalue weighted by Crippen LogP contribution is 2.15. The van der Waals surface area contributed by atoms with Crippen molar-refractivity contribution >= 4 is 16.3 Å². The molecule has 0 amide bonds. The summed E-state index contributed by atoms with van der Waals surface area (Å²) in [5.74, 6) is 0. The van der Waals surface area contributed by atoms with Crippen LogP contribution in [-0.2, 0) is 6.54 Å². The second kappa shape index (κ2) is 6.68. The Morgan fingerprint density at radius 3 is 2.96 bits per heavy atom. The van der Waals surface area contributed by atoms with Crippen molar-refractivity contribution < 1.29 is 5.11 Å². The van der Waals surface area contributed by atoms with E-state index in [4.69, 9.17) is 0 Å². The molecule has 0 spiro atoms. The third-order valence-corrected chi connectivity index (χ3v) is 5.31. The molecule has 2 aromatic rings. The van der Waals surface area contributed by atoms with Crippen LogP contribution in [0.3, 0.4) is 0 Å². The first-order valence-electron chi connectivity index (χ1n) is 8.05. The summed E-state index contributed by atoms with van der Waals surface area (Å²) >= 11 is 1.51. The lowest BCUT2D eigenvalue weighted by molar-refractivity contribution is 0.0418. The Morgan fingerprint density at radius 1 is 1.48 bits per heavy atom. The molecule has 126 valence electrons. The summed E-state index contributed by atoms with van der Waals surface area (Å²) < 4.78 is 1.66. The molecule has 2 unspecified atom stereocenters. The monoisotopic (exact) mass is 336 g/mol. The van der Waals surface area contributed by atoms with Gasteiger partial charge in [0.25, 0.3) is 5.56 Å². The van der Waals surface area contributed by atoms with E-state index in [0.29, 0.717) is 12.6 Å². The van der Waals surface area contributed by atoms with Gasteiger partial charge in [-0.1, -0.05) is 0 Å². The maximum atomic E-state index is 12.2. The van der Waals surface area contributed by atoms with Crippen LogP contribution in [0.25, 0.3) is 4.96 Å². The number of β-amino-alcohol motifs (C(OH)–C–C–N with tert-alkyl or cyclic N) is 1. The number of rotatable bonds is 4. The van der Waals surface area contributed by atoms with Crippen LogP contribution >= 0.6 is 11.3 Å². The molecule has 1 aliphatic rings. The number of nitrogens with zero attached hydrogens (tertiary/aromatic N) is 4. The maximum Gasteiger partial charge on any atom is 0.259 e. The van der Waals surface area contributed by atoms with E-state index in [1.54, 1.807) is 10.5 Å². The first kappa shape index (κ1) is 16.6. The molecular weight excluding hydrogens is 312 g/mol. The largest absolute Gasteiger partial charge is 0.392 e. The molecule has 1 N–H and O–H groups in total. The number of aliphatic hydroxyl groups excluding tert-OH is 1. The van der Waals surface area contributed by atoms with Gasteiger partial charge in [-0.3, -0.25) is 19.0 Å². The zero-order chi connectivity index (χ0) is 16.6. The summed E-state index contributed by atoms with van der Waals surface area (Å²) in [5, 5.41) is 11.5. The Balaban J connectivity index is 1.70. The molecule has 3 heterocycles. The highest BCUT2D eigenvalue weighted by Gasteiger charge is 2.24. The summed E-state index contributed by atoms with van der Waals surface area (Å²) in [6.07, 6.45) is -0.296. The minimum Gasteiger partial charge on any atom is -0.392 e. The number of fused-ring (bicyclic) bond motifs is 1. The molecule has 0 bridgehead atoms. The minimum atomic E-state index is -0.296. The molecule has 3 rings (SSSR count). The first-order valence-corrected chi connectivity index (χ1v) is 8.93. The number of piperazine rings is 1. The van der Waals surface area contributed by atoms with Gasteiger partial charge in [-0.05, 0) is 20.8 Å². The number of thiazole rings is 1. The molecule has 1 fully saturated rings. The van der Waals surface area contributed by atoms with Gasteiger partial charge in [0.05, 0.1) is 11.8 Å². The van der Waals surface area contributed by atoms with Gasteiger partial charge in [0, 0.05) is 55.9 Å². The van der Waals surface area contributed by atoms with E-state index in [9.17, 15) is 9.90 Å². The van der Waals surface area contributed by atoms with Gasteiger partial charge in [0.1, 0.15) is 0 Å². The van der Waals surface area contributed by atoms with Crippen molar-refractivity contribution in [1.29, 1.82) is 0 Å². The average Bonchev–Trinajstić information content (AvgIpc) is 2.83. The van der Waals surface area contributed by atoms with E-state index in [1.807, 2.05) is 19.2 Å². The molecule has 1 aliphatic heterocycles.